The van der Waals surface area contributed by atoms with Crippen molar-refractivity contribution in [3.63, 3.8) is 0 Å². The van der Waals surface area contributed by atoms with E-state index in [9.17, 15) is 18.0 Å². The van der Waals surface area contributed by atoms with Crippen LogP contribution in [0.3, 0.4) is 0 Å². The van der Waals surface area contributed by atoms with Crippen molar-refractivity contribution in [3.8, 4) is 5.69 Å². The number of carbonyl (C=O) groups excluding carboxylic acids is 1. The van der Waals surface area contributed by atoms with Gasteiger partial charge >= 0.3 is 6.18 Å². The maximum Gasteiger partial charge on any atom is 0.406 e. The van der Waals surface area contributed by atoms with Gasteiger partial charge in [-0.2, -0.15) is 13.2 Å². The van der Waals surface area contributed by atoms with Crippen molar-refractivity contribution in [2.75, 3.05) is 13.1 Å². The van der Waals surface area contributed by atoms with Crippen molar-refractivity contribution in [3.05, 3.63) is 53.3 Å². The van der Waals surface area contributed by atoms with E-state index in [1.165, 1.54) is 17.7 Å². The third kappa shape index (κ3) is 3.94. The zero-order chi connectivity index (χ0) is 17.9. The second-order valence-electron chi connectivity index (χ2n) is 4.98. The first kappa shape index (κ1) is 18.0. The molecule has 1 aromatic carbocycles. The van der Waals surface area contributed by atoms with Crippen LogP contribution in [-0.4, -0.2) is 45.1 Å². The number of nitrogens with zero attached hydrogens (tertiary/aromatic N) is 4. The molecule has 0 aliphatic heterocycles. The molecular weight excluding hydrogens is 345 g/mol. The Labute approximate surface area is 141 Å². The highest BCUT2D eigenvalue weighted by molar-refractivity contribution is 6.32. The van der Waals surface area contributed by atoms with E-state index >= 15 is 0 Å². The average Bonchev–Trinajstić information content (AvgIpc) is 2.87. The lowest BCUT2D eigenvalue weighted by Crippen LogP contribution is -2.39. The molecule has 24 heavy (non-hydrogen) atoms. The summed E-state index contributed by atoms with van der Waals surface area (Å²) in [7, 11) is 0. The van der Waals surface area contributed by atoms with Crippen molar-refractivity contribution in [1.29, 1.82) is 0 Å². The topological polar surface area (TPSA) is 51.0 Å². The fraction of sp³-hybridized carbons (Fsp3) is 0.267. The molecule has 1 aromatic heterocycles. The quantitative estimate of drug-likeness (QED) is 0.769. The number of alkyl halides is 3. The molecule has 0 unspecified atom stereocenters. The van der Waals surface area contributed by atoms with E-state index in [1.807, 2.05) is 0 Å². The summed E-state index contributed by atoms with van der Waals surface area (Å²) in [5.41, 5.74) is 0.611. The molecule has 0 atom stereocenters. The zero-order valence-electron chi connectivity index (χ0n) is 12.7. The van der Waals surface area contributed by atoms with Gasteiger partial charge < -0.3 is 4.90 Å². The molecule has 128 valence electrons. The van der Waals surface area contributed by atoms with Crippen molar-refractivity contribution in [2.45, 2.75) is 13.1 Å². The van der Waals surface area contributed by atoms with Gasteiger partial charge in [-0.15, -0.1) is 11.7 Å². The van der Waals surface area contributed by atoms with Crippen LogP contribution in [0.2, 0.25) is 5.02 Å². The Morgan fingerprint density at radius 2 is 2.08 bits per heavy atom. The Bertz CT molecular complexity index is 757. The fourth-order valence-electron chi connectivity index (χ4n) is 2.12. The lowest BCUT2D eigenvalue weighted by molar-refractivity contribution is -0.139. The first-order chi connectivity index (χ1) is 11.2. The van der Waals surface area contributed by atoms with E-state index in [1.54, 1.807) is 24.3 Å². The second-order valence-corrected chi connectivity index (χ2v) is 5.38. The minimum atomic E-state index is -4.52. The molecule has 0 bridgehead atoms. The summed E-state index contributed by atoms with van der Waals surface area (Å²) in [5.74, 6) is -0.872. The molecular formula is C15H14ClF3N4O. The summed E-state index contributed by atoms with van der Waals surface area (Å²) in [6.07, 6.45) is -3.30. The maximum atomic E-state index is 12.6. The molecule has 1 amide bonds. The molecule has 2 rings (SSSR count). The molecule has 0 fully saturated rings. The minimum absolute atomic E-state index is 0.166. The van der Waals surface area contributed by atoms with Gasteiger partial charge in [0.15, 0.2) is 5.69 Å². The van der Waals surface area contributed by atoms with Crippen LogP contribution in [0.25, 0.3) is 5.69 Å². The molecule has 2 aromatic rings. The third-order valence-corrected chi connectivity index (χ3v) is 3.50. The summed E-state index contributed by atoms with van der Waals surface area (Å²) in [5, 5.41) is 7.94. The molecule has 0 aliphatic carbocycles. The van der Waals surface area contributed by atoms with Crippen molar-refractivity contribution >= 4 is 17.5 Å². The van der Waals surface area contributed by atoms with E-state index in [0.717, 1.165) is 0 Å². The Hall–Kier alpha value is -2.35. The van der Waals surface area contributed by atoms with Crippen LogP contribution in [0.5, 0.6) is 0 Å². The lowest BCUT2D eigenvalue weighted by atomic mass is 10.2. The number of hydrogen-bond donors (Lipinski definition) is 0. The summed E-state index contributed by atoms with van der Waals surface area (Å²) in [6.45, 7) is 3.27. The number of amides is 1. The first-order valence-corrected chi connectivity index (χ1v) is 7.26. The van der Waals surface area contributed by atoms with Gasteiger partial charge in [0, 0.05) is 6.54 Å². The molecule has 0 spiro atoms. The second kappa shape index (κ2) is 7.04. The lowest BCUT2D eigenvalue weighted by Gasteiger charge is -2.21. The summed E-state index contributed by atoms with van der Waals surface area (Å²) >= 11 is 6.07. The van der Waals surface area contributed by atoms with Gasteiger partial charge in [-0.05, 0) is 19.1 Å². The average molecular weight is 359 g/mol. The van der Waals surface area contributed by atoms with Crippen LogP contribution >= 0.6 is 11.6 Å². The molecule has 0 aliphatic rings. The van der Waals surface area contributed by atoms with E-state index in [4.69, 9.17) is 11.6 Å². The van der Waals surface area contributed by atoms with Crippen LogP contribution in [0, 0.1) is 6.92 Å². The highest BCUT2D eigenvalue weighted by Crippen LogP contribution is 2.23. The van der Waals surface area contributed by atoms with Gasteiger partial charge in [-0.3, -0.25) is 4.79 Å². The Balaban J connectivity index is 2.37. The van der Waals surface area contributed by atoms with Gasteiger partial charge in [0.25, 0.3) is 5.91 Å². The molecule has 0 N–H and O–H groups in total. The van der Waals surface area contributed by atoms with Gasteiger partial charge in [0.05, 0.1) is 16.4 Å². The van der Waals surface area contributed by atoms with Gasteiger partial charge in [-0.1, -0.05) is 35.0 Å². The number of carbonyl (C=O) groups is 1. The largest absolute Gasteiger partial charge is 0.406 e. The van der Waals surface area contributed by atoms with Gasteiger partial charge in [-0.25, -0.2) is 4.68 Å². The predicted octanol–water partition coefficient (Wildman–Crippen LogP) is 3.42. The molecule has 9 heteroatoms. The van der Waals surface area contributed by atoms with E-state index in [0.29, 0.717) is 21.3 Å². The number of aromatic nitrogens is 3. The Morgan fingerprint density at radius 3 is 2.67 bits per heavy atom. The molecule has 0 radical (unpaired) electrons. The monoisotopic (exact) mass is 358 g/mol. The van der Waals surface area contributed by atoms with Crippen LogP contribution in [0.15, 0.2) is 36.9 Å². The zero-order valence-corrected chi connectivity index (χ0v) is 13.5. The molecule has 0 saturated heterocycles. The summed E-state index contributed by atoms with van der Waals surface area (Å²) < 4.78 is 39.2. The number of halogens is 4. The SMILES string of the molecule is C=CCN(CC(F)(F)F)C(=O)c1nnn(-c2ccccc2Cl)c1C. The standard InChI is InChI=1S/C15H14ClF3N4O/c1-3-8-22(9-15(17,18)19)14(24)13-10(2)23(21-20-13)12-7-5-4-6-11(12)16/h3-7H,1,8-9H2,2H3. The van der Waals surface area contributed by atoms with E-state index in [2.05, 4.69) is 16.9 Å². The number of rotatable bonds is 5. The highest BCUT2D eigenvalue weighted by atomic mass is 35.5. The van der Waals surface area contributed by atoms with Crippen molar-refractivity contribution in [1.82, 2.24) is 19.9 Å². The first-order valence-electron chi connectivity index (χ1n) is 6.88. The fourth-order valence-corrected chi connectivity index (χ4v) is 2.34. The highest BCUT2D eigenvalue weighted by Gasteiger charge is 2.34. The number of hydrogen-bond acceptors (Lipinski definition) is 3. The van der Waals surface area contributed by atoms with Crippen LogP contribution in [-0.2, 0) is 0 Å². The Kier molecular flexibility index (Phi) is 5.28. The Morgan fingerprint density at radius 1 is 1.42 bits per heavy atom. The number of benzene rings is 1. The summed E-state index contributed by atoms with van der Waals surface area (Å²) in [6, 6.07) is 6.74. The van der Waals surface area contributed by atoms with Gasteiger partial charge in [0.1, 0.15) is 6.54 Å². The third-order valence-electron chi connectivity index (χ3n) is 3.18. The van der Waals surface area contributed by atoms with Crippen molar-refractivity contribution < 1.29 is 18.0 Å². The molecule has 0 saturated carbocycles. The van der Waals surface area contributed by atoms with E-state index < -0.39 is 18.6 Å². The minimum Gasteiger partial charge on any atom is -0.324 e. The van der Waals surface area contributed by atoms with Crippen molar-refractivity contribution in [2.24, 2.45) is 0 Å². The van der Waals surface area contributed by atoms with E-state index in [-0.39, 0.29) is 12.2 Å². The summed E-state index contributed by atoms with van der Waals surface area (Å²) in [4.78, 5) is 13.0. The number of para-hydroxylation sites is 1. The molecule has 1 heterocycles. The smallest absolute Gasteiger partial charge is 0.324 e. The van der Waals surface area contributed by atoms with Gasteiger partial charge in [0.2, 0.25) is 0 Å². The van der Waals surface area contributed by atoms with Crippen LogP contribution in [0.4, 0.5) is 13.2 Å². The van der Waals surface area contributed by atoms with Crippen LogP contribution in [0.1, 0.15) is 16.2 Å². The normalized spacial score (nSPS) is 11.4. The molecule has 5 nitrogen and oxygen atoms in total. The predicted molar refractivity (Wildman–Crippen MR) is 83.3 cm³/mol. The van der Waals surface area contributed by atoms with Crippen LogP contribution < -0.4 is 0 Å². The maximum absolute atomic E-state index is 12.6.